The van der Waals surface area contributed by atoms with Gasteiger partial charge in [-0.2, -0.15) is 0 Å². The van der Waals surface area contributed by atoms with Gasteiger partial charge in [-0.05, 0) is 31.0 Å². The van der Waals surface area contributed by atoms with Gasteiger partial charge in [0.2, 0.25) is 11.6 Å². The SMILES string of the molecule is Cc1cc(C)c2nc(O)c3c(=O)cc(C(=O)O)oc3c2c1. The predicted octanol–water partition coefficient (Wildman–Crippen LogP) is 2.36. The quantitative estimate of drug-likeness (QED) is 0.666. The molecule has 3 aromatic rings. The molecule has 0 aliphatic carbocycles. The van der Waals surface area contributed by atoms with Gasteiger partial charge in [0.15, 0.2) is 11.0 Å². The highest BCUT2D eigenvalue weighted by Crippen LogP contribution is 2.30. The molecule has 0 aliphatic heterocycles. The molecular formula is C15H11NO5. The van der Waals surface area contributed by atoms with Gasteiger partial charge in [0, 0.05) is 11.5 Å². The zero-order valence-electron chi connectivity index (χ0n) is 11.3. The number of pyridine rings is 1. The van der Waals surface area contributed by atoms with Gasteiger partial charge in [-0.1, -0.05) is 6.07 Å². The van der Waals surface area contributed by atoms with Crippen LogP contribution in [0.3, 0.4) is 0 Å². The first-order valence-corrected chi connectivity index (χ1v) is 6.19. The van der Waals surface area contributed by atoms with Crippen LogP contribution < -0.4 is 5.43 Å². The molecule has 0 bridgehead atoms. The van der Waals surface area contributed by atoms with Crippen molar-refractivity contribution < 1.29 is 19.4 Å². The van der Waals surface area contributed by atoms with Gasteiger partial charge in [0.25, 0.3) is 0 Å². The lowest BCUT2D eigenvalue weighted by Gasteiger charge is -2.08. The van der Waals surface area contributed by atoms with Crippen molar-refractivity contribution in [1.82, 2.24) is 4.98 Å². The van der Waals surface area contributed by atoms with Crippen molar-refractivity contribution in [3.8, 4) is 5.88 Å². The van der Waals surface area contributed by atoms with E-state index in [0.29, 0.717) is 10.9 Å². The molecule has 0 fully saturated rings. The number of benzene rings is 1. The van der Waals surface area contributed by atoms with Crippen LogP contribution in [-0.2, 0) is 0 Å². The number of aromatic hydroxyl groups is 1. The predicted molar refractivity (Wildman–Crippen MR) is 75.9 cm³/mol. The number of aryl methyl sites for hydroxylation is 2. The minimum absolute atomic E-state index is 0.0363. The average molecular weight is 285 g/mol. The number of carboxylic acids is 1. The van der Waals surface area contributed by atoms with Crippen molar-refractivity contribution in [1.29, 1.82) is 0 Å². The monoisotopic (exact) mass is 285 g/mol. The average Bonchev–Trinajstić information content (AvgIpc) is 2.39. The molecule has 0 radical (unpaired) electrons. The van der Waals surface area contributed by atoms with E-state index in [1.165, 1.54) is 0 Å². The second-order valence-electron chi connectivity index (χ2n) is 4.90. The molecule has 0 saturated heterocycles. The molecule has 0 amide bonds. The van der Waals surface area contributed by atoms with Crippen LogP contribution in [0.5, 0.6) is 5.88 Å². The molecule has 0 aliphatic rings. The lowest BCUT2D eigenvalue weighted by Crippen LogP contribution is -2.07. The van der Waals surface area contributed by atoms with Crippen LogP contribution >= 0.6 is 0 Å². The van der Waals surface area contributed by atoms with Gasteiger partial charge in [-0.25, -0.2) is 9.78 Å². The third kappa shape index (κ3) is 1.92. The van der Waals surface area contributed by atoms with Gasteiger partial charge in [-0.15, -0.1) is 0 Å². The minimum Gasteiger partial charge on any atom is -0.493 e. The third-order valence-electron chi connectivity index (χ3n) is 3.29. The summed E-state index contributed by atoms with van der Waals surface area (Å²) in [5.41, 5.74) is 1.58. The van der Waals surface area contributed by atoms with Crippen molar-refractivity contribution >= 4 is 27.8 Å². The fourth-order valence-corrected chi connectivity index (χ4v) is 2.44. The molecule has 6 heteroatoms. The number of carboxylic acid groups (broad SMARTS) is 1. The maximum Gasteiger partial charge on any atom is 0.371 e. The zero-order valence-corrected chi connectivity index (χ0v) is 11.3. The summed E-state index contributed by atoms with van der Waals surface area (Å²) in [6, 6.07) is 4.45. The smallest absolute Gasteiger partial charge is 0.371 e. The molecule has 6 nitrogen and oxygen atoms in total. The lowest BCUT2D eigenvalue weighted by molar-refractivity contribution is 0.0663. The molecule has 21 heavy (non-hydrogen) atoms. The highest BCUT2D eigenvalue weighted by Gasteiger charge is 2.18. The van der Waals surface area contributed by atoms with Crippen LogP contribution in [0, 0.1) is 13.8 Å². The van der Waals surface area contributed by atoms with Gasteiger partial charge in [0.1, 0.15) is 5.39 Å². The maximum absolute atomic E-state index is 12.0. The Hall–Kier alpha value is -2.89. The summed E-state index contributed by atoms with van der Waals surface area (Å²) in [5, 5.41) is 19.4. The molecule has 0 atom stereocenters. The minimum atomic E-state index is -1.34. The summed E-state index contributed by atoms with van der Waals surface area (Å²) in [7, 11) is 0. The van der Waals surface area contributed by atoms with Gasteiger partial charge >= 0.3 is 5.97 Å². The third-order valence-corrected chi connectivity index (χ3v) is 3.29. The summed E-state index contributed by atoms with van der Waals surface area (Å²) in [6.45, 7) is 3.68. The van der Waals surface area contributed by atoms with Gasteiger partial charge < -0.3 is 14.6 Å². The molecule has 106 valence electrons. The zero-order chi connectivity index (χ0) is 15.3. The van der Waals surface area contributed by atoms with E-state index in [1.54, 1.807) is 6.07 Å². The molecule has 0 unspecified atom stereocenters. The first kappa shape index (κ1) is 13.1. The van der Waals surface area contributed by atoms with Crippen LogP contribution in [-0.4, -0.2) is 21.2 Å². The first-order chi connectivity index (χ1) is 9.88. The van der Waals surface area contributed by atoms with Crippen LogP contribution in [0.15, 0.2) is 27.4 Å². The molecule has 0 spiro atoms. The summed E-state index contributed by atoms with van der Waals surface area (Å²) in [6.07, 6.45) is 0. The van der Waals surface area contributed by atoms with Crippen molar-refractivity contribution in [3.05, 3.63) is 45.3 Å². The molecule has 0 saturated carbocycles. The van der Waals surface area contributed by atoms with Crippen LogP contribution in [0.1, 0.15) is 21.7 Å². The van der Waals surface area contributed by atoms with E-state index in [0.717, 1.165) is 17.2 Å². The second-order valence-corrected chi connectivity index (χ2v) is 4.90. The van der Waals surface area contributed by atoms with Crippen molar-refractivity contribution in [2.75, 3.05) is 0 Å². The Morgan fingerprint density at radius 2 is 1.95 bits per heavy atom. The highest BCUT2D eigenvalue weighted by atomic mass is 16.4. The van der Waals surface area contributed by atoms with Crippen LogP contribution in [0.2, 0.25) is 0 Å². The van der Waals surface area contributed by atoms with E-state index in [4.69, 9.17) is 9.52 Å². The number of carbonyl (C=O) groups is 1. The Morgan fingerprint density at radius 1 is 1.24 bits per heavy atom. The highest BCUT2D eigenvalue weighted by molar-refractivity contribution is 6.06. The number of nitrogens with zero attached hydrogens (tertiary/aromatic N) is 1. The van der Waals surface area contributed by atoms with Gasteiger partial charge in [-0.3, -0.25) is 4.79 Å². The lowest BCUT2D eigenvalue weighted by atomic mass is 10.0. The summed E-state index contributed by atoms with van der Waals surface area (Å²) >= 11 is 0. The number of rotatable bonds is 1. The van der Waals surface area contributed by atoms with Crippen LogP contribution in [0.25, 0.3) is 21.9 Å². The largest absolute Gasteiger partial charge is 0.493 e. The first-order valence-electron chi connectivity index (χ1n) is 6.19. The Bertz CT molecular complexity index is 971. The van der Waals surface area contributed by atoms with Crippen molar-refractivity contribution in [2.24, 2.45) is 0 Å². The summed E-state index contributed by atoms with van der Waals surface area (Å²) < 4.78 is 5.31. The van der Waals surface area contributed by atoms with E-state index in [-0.39, 0.29) is 11.0 Å². The number of fused-ring (bicyclic) bond motifs is 3. The Balaban J connectivity index is 2.64. The van der Waals surface area contributed by atoms with E-state index >= 15 is 0 Å². The summed E-state index contributed by atoms with van der Waals surface area (Å²) in [5.74, 6) is -2.28. The van der Waals surface area contributed by atoms with Crippen LogP contribution in [0.4, 0.5) is 0 Å². The number of hydrogen-bond acceptors (Lipinski definition) is 5. The topological polar surface area (TPSA) is 101 Å². The maximum atomic E-state index is 12.0. The molecule has 2 aromatic heterocycles. The molecular weight excluding hydrogens is 274 g/mol. The molecule has 2 N–H and O–H groups in total. The van der Waals surface area contributed by atoms with E-state index in [2.05, 4.69) is 4.98 Å². The second kappa shape index (κ2) is 4.31. The Labute approximate surface area is 118 Å². The fourth-order valence-electron chi connectivity index (χ4n) is 2.44. The van der Waals surface area contributed by atoms with Crippen molar-refractivity contribution in [3.63, 3.8) is 0 Å². The van der Waals surface area contributed by atoms with E-state index in [1.807, 2.05) is 19.9 Å². The van der Waals surface area contributed by atoms with E-state index in [9.17, 15) is 14.7 Å². The molecule has 2 heterocycles. The standard InChI is InChI=1S/C15H11NO5/c1-6-3-7(2)12-8(4-6)13-11(14(18)16-12)9(17)5-10(21-13)15(19)20/h3-5H,1-2H3,(H,16,18)(H,19,20). The normalized spacial score (nSPS) is 11.1. The molecule has 1 aromatic carbocycles. The van der Waals surface area contributed by atoms with Crippen molar-refractivity contribution in [2.45, 2.75) is 13.8 Å². The Kier molecular flexibility index (Phi) is 2.69. The summed E-state index contributed by atoms with van der Waals surface area (Å²) in [4.78, 5) is 27.1. The Morgan fingerprint density at radius 3 is 2.62 bits per heavy atom. The molecule has 3 rings (SSSR count). The number of hydrogen-bond donors (Lipinski definition) is 2. The number of aromatic nitrogens is 1. The van der Waals surface area contributed by atoms with E-state index < -0.39 is 23.0 Å². The fraction of sp³-hybridized carbons (Fsp3) is 0.133. The van der Waals surface area contributed by atoms with Gasteiger partial charge in [0.05, 0.1) is 5.52 Å². The number of aromatic carboxylic acids is 1.